The highest BCUT2D eigenvalue weighted by Crippen LogP contribution is 2.22. The van der Waals surface area contributed by atoms with Gasteiger partial charge >= 0.3 is 5.97 Å². The minimum Gasteiger partial charge on any atom is -0.477 e. The first kappa shape index (κ1) is 15.3. The average molecular weight is 336 g/mol. The van der Waals surface area contributed by atoms with Gasteiger partial charge in [-0.25, -0.2) is 13.9 Å². The second-order valence-corrected chi connectivity index (χ2v) is 6.07. The van der Waals surface area contributed by atoms with Crippen LogP contribution in [-0.2, 0) is 4.79 Å². The van der Waals surface area contributed by atoms with Crippen molar-refractivity contribution in [1.29, 1.82) is 0 Å². The van der Waals surface area contributed by atoms with Crippen LogP contribution in [-0.4, -0.2) is 44.2 Å². The number of hydrogen-bond donors (Lipinski definition) is 2. The molecule has 9 heteroatoms. The molecule has 2 atom stereocenters. The Hall–Kier alpha value is -2.55. The van der Waals surface area contributed by atoms with Crippen molar-refractivity contribution in [3.63, 3.8) is 0 Å². The summed E-state index contributed by atoms with van der Waals surface area (Å²) in [6, 6.07) is 0.897. The Kier molecular flexibility index (Phi) is 3.95. The smallest absolute Gasteiger partial charge is 0.345 e. The van der Waals surface area contributed by atoms with E-state index in [1.165, 1.54) is 23.0 Å². The number of aromatic carboxylic acids is 1. The Bertz CT molecular complexity index is 798. The molecule has 0 saturated carbocycles. The Balaban J connectivity index is 1.89. The van der Waals surface area contributed by atoms with Gasteiger partial charge in [-0.3, -0.25) is 4.79 Å². The predicted molar refractivity (Wildman–Crippen MR) is 81.3 cm³/mol. The SMILES string of the molecule is C[C@@H]1NC(=O)C(c2cn(-c3csc(C(=O)O)c3)nn2)=CCC1F. The van der Waals surface area contributed by atoms with E-state index in [2.05, 4.69) is 15.6 Å². The summed E-state index contributed by atoms with van der Waals surface area (Å²) in [7, 11) is 0. The predicted octanol–water partition coefficient (Wildman–Crippen LogP) is 1.66. The molecule has 0 saturated heterocycles. The molecular weight excluding hydrogens is 323 g/mol. The van der Waals surface area contributed by atoms with E-state index in [-0.39, 0.29) is 16.9 Å². The van der Waals surface area contributed by atoms with Gasteiger partial charge in [-0.2, -0.15) is 0 Å². The number of thiophene rings is 1. The molecule has 2 aromatic heterocycles. The molecule has 3 rings (SSSR count). The number of halogens is 1. The number of amides is 1. The molecule has 1 unspecified atom stereocenters. The number of carbonyl (C=O) groups excluding carboxylic acids is 1. The van der Waals surface area contributed by atoms with Gasteiger partial charge in [0.1, 0.15) is 16.7 Å². The van der Waals surface area contributed by atoms with Crippen molar-refractivity contribution in [3.8, 4) is 5.69 Å². The lowest BCUT2D eigenvalue weighted by atomic mass is 10.1. The van der Waals surface area contributed by atoms with Crippen molar-refractivity contribution in [3.05, 3.63) is 34.3 Å². The van der Waals surface area contributed by atoms with Gasteiger partial charge in [-0.15, -0.1) is 16.4 Å². The molecule has 0 spiro atoms. The lowest BCUT2D eigenvalue weighted by Crippen LogP contribution is -2.37. The van der Waals surface area contributed by atoms with Gasteiger partial charge < -0.3 is 10.4 Å². The zero-order valence-corrected chi connectivity index (χ0v) is 12.9. The maximum Gasteiger partial charge on any atom is 0.345 e. The van der Waals surface area contributed by atoms with Crippen LogP contribution in [0.25, 0.3) is 11.3 Å². The minimum atomic E-state index is -1.15. The van der Waals surface area contributed by atoms with E-state index in [0.29, 0.717) is 11.4 Å². The zero-order chi connectivity index (χ0) is 16.6. The highest BCUT2D eigenvalue weighted by Gasteiger charge is 2.26. The van der Waals surface area contributed by atoms with Gasteiger partial charge in [0.15, 0.2) is 0 Å². The molecule has 0 fully saturated rings. The zero-order valence-electron chi connectivity index (χ0n) is 12.1. The van der Waals surface area contributed by atoms with Crippen molar-refractivity contribution >= 4 is 28.8 Å². The fourth-order valence-corrected chi connectivity index (χ4v) is 2.91. The van der Waals surface area contributed by atoms with Gasteiger partial charge in [-0.05, 0) is 19.4 Å². The highest BCUT2D eigenvalue weighted by atomic mass is 32.1. The summed E-state index contributed by atoms with van der Waals surface area (Å²) in [5, 5.41) is 21.0. The number of aromatic nitrogens is 3. The van der Waals surface area contributed by atoms with E-state index in [1.54, 1.807) is 12.3 Å². The molecule has 0 radical (unpaired) electrons. The molecular formula is C14H13FN4O3S. The Morgan fingerprint density at radius 1 is 1.57 bits per heavy atom. The van der Waals surface area contributed by atoms with E-state index in [4.69, 9.17) is 5.11 Å². The van der Waals surface area contributed by atoms with Crippen molar-refractivity contribution in [1.82, 2.24) is 20.3 Å². The van der Waals surface area contributed by atoms with Crippen molar-refractivity contribution < 1.29 is 19.1 Å². The third-order valence-electron chi connectivity index (χ3n) is 3.52. The number of nitrogens with zero attached hydrogens (tertiary/aromatic N) is 3. The van der Waals surface area contributed by atoms with Crippen molar-refractivity contribution in [2.45, 2.75) is 25.6 Å². The quantitative estimate of drug-likeness (QED) is 0.888. The van der Waals surface area contributed by atoms with Crippen LogP contribution in [0.1, 0.15) is 28.7 Å². The van der Waals surface area contributed by atoms with E-state index < -0.39 is 24.1 Å². The average Bonchev–Trinajstić information content (AvgIpc) is 3.13. The molecule has 0 aliphatic carbocycles. The summed E-state index contributed by atoms with van der Waals surface area (Å²) in [6.07, 6.45) is 1.99. The first-order chi connectivity index (χ1) is 11.0. The van der Waals surface area contributed by atoms with Crippen LogP contribution in [0.5, 0.6) is 0 Å². The molecule has 7 nitrogen and oxygen atoms in total. The molecule has 3 heterocycles. The summed E-state index contributed by atoms with van der Waals surface area (Å²) in [4.78, 5) is 23.2. The van der Waals surface area contributed by atoms with Crippen LogP contribution in [0, 0.1) is 0 Å². The van der Waals surface area contributed by atoms with Crippen LogP contribution in [0.3, 0.4) is 0 Å². The normalized spacial score (nSPS) is 21.5. The number of carbonyl (C=O) groups is 2. The molecule has 23 heavy (non-hydrogen) atoms. The van der Waals surface area contributed by atoms with E-state index in [0.717, 1.165) is 11.3 Å². The van der Waals surface area contributed by atoms with Crippen molar-refractivity contribution in [2.24, 2.45) is 0 Å². The molecule has 1 aliphatic rings. The largest absolute Gasteiger partial charge is 0.477 e. The summed E-state index contributed by atoms with van der Waals surface area (Å²) in [6.45, 7) is 1.61. The summed E-state index contributed by atoms with van der Waals surface area (Å²) in [5.74, 6) is -1.42. The van der Waals surface area contributed by atoms with Gasteiger partial charge in [-0.1, -0.05) is 11.3 Å². The maximum atomic E-state index is 13.7. The fourth-order valence-electron chi connectivity index (χ4n) is 2.20. The highest BCUT2D eigenvalue weighted by molar-refractivity contribution is 7.12. The second kappa shape index (κ2) is 5.92. The molecule has 0 bridgehead atoms. The summed E-state index contributed by atoms with van der Waals surface area (Å²) in [5.41, 5.74) is 1.11. The third kappa shape index (κ3) is 3.00. The number of allylic oxidation sites excluding steroid dienone is 1. The van der Waals surface area contributed by atoms with Gasteiger partial charge in [0.2, 0.25) is 0 Å². The van der Waals surface area contributed by atoms with Crippen LogP contribution < -0.4 is 5.32 Å². The second-order valence-electron chi connectivity index (χ2n) is 5.15. The maximum absolute atomic E-state index is 13.7. The third-order valence-corrected chi connectivity index (χ3v) is 4.43. The molecule has 1 amide bonds. The first-order valence-electron chi connectivity index (χ1n) is 6.85. The number of hydrogen-bond acceptors (Lipinski definition) is 5. The number of alkyl halides is 1. The number of carboxylic acid groups (broad SMARTS) is 1. The lowest BCUT2D eigenvalue weighted by Gasteiger charge is -2.13. The van der Waals surface area contributed by atoms with Gasteiger partial charge in [0, 0.05) is 5.38 Å². The Morgan fingerprint density at radius 3 is 3.04 bits per heavy atom. The number of rotatable bonds is 3. The van der Waals surface area contributed by atoms with Crippen LogP contribution in [0.2, 0.25) is 0 Å². The minimum absolute atomic E-state index is 0.115. The van der Waals surface area contributed by atoms with Crippen LogP contribution in [0.15, 0.2) is 23.7 Å². The monoisotopic (exact) mass is 336 g/mol. The van der Waals surface area contributed by atoms with E-state index in [1.807, 2.05) is 0 Å². The molecule has 1 aliphatic heterocycles. The molecule has 120 valence electrons. The Morgan fingerprint density at radius 2 is 2.35 bits per heavy atom. The van der Waals surface area contributed by atoms with Crippen LogP contribution in [0.4, 0.5) is 4.39 Å². The summed E-state index contributed by atoms with van der Waals surface area (Å²) < 4.78 is 15.1. The van der Waals surface area contributed by atoms with Gasteiger partial charge in [0.25, 0.3) is 5.91 Å². The fraction of sp³-hybridized carbons (Fsp3) is 0.286. The molecule has 2 N–H and O–H groups in total. The first-order valence-corrected chi connectivity index (χ1v) is 7.73. The van der Waals surface area contributed by atoms with Gasteiger partial charge in [0.05, 0.1) is 23.5 Å². The van der Waals surface area contributed by atoms with Crippen molar-refractivity contribution in [2.75, 3.05) is 0 Å². The van der Waals surface area contributed by atoms with E-state index >= 15 is 0 Å². The Labute approximate surface area is 134 Å². The van der Waals surface area contributed by atoms with E-state index in [9.17, 15) is 14.0 Å². The number of carboxylic acids is 1. The molecule has 0 aromatic carbocycles. The number of nitrogens with one attached hydrogen (secondary N) is 1. The topological polar surface area (TPSA) is 97.1 Å². The van der Waals surface area contributed by atoms with Crippen LogP contribution >= 0.6 is 11.3 Å². The molecule has 2 aromatic rings. The lowest BCUT2D eigenvalue weighted by molar-refractivity contribution is -0.116. The summed E-state index contributed by atoms with van der Waals surface area (Å²) >= 11 is 1.07. The standard InChI is InChI=1S/C14H13FN4O3S/c1-7-10(15)3-2-9(13(20)16-7)11-5-19(18-17-11)8-4-12(14(21)22)23-6-8/h2,4-7,10H,3H2,1H3,(H,16,20)(H,21,22)/t7-,10?/m0/s1.